The monoisotopic (exact) mass is 397 g/mol. The van der Waals surface area contributed by atoms with Crippen molar-refractivity contribution >= 4 is 10.2 Å². The largest absolute Gasteiger partial charge is 0.493 e. The fraction of sp³-hybridized carbons (Fsp3) is 0.273. The van der Waals surface area contributed by atoms with Gasteiger partial charge in [-0.3, -0.25) is 0 Å². The molecule has 0 spiro atoms. The van der Waals surface area contributed by atoms with E-state index in [1.54, 1.807) is 14.2 Å². The molecule has 0 aliphatic carbocycles. The number of hydrogen-bond acceptors (Lipinski definition) is 5. The molecule has 28 heavy (non-hydrogen) atoms. The van der Waals surface area contributed by atoms with Crippen molar-refractivity contribution in [2.75, 3.05) is 20.4 Å². The summed E-state index contributed by atoms with van der Waals surface area (Å²) < 4.78 is 28.2. The minimum Gasteiger partial charge on any atom is -0.493 e. The molecule has 2 aromatic rings. The number of ether oxygens (including phenoxy) is 5. The fourth-order valence-corrected chi connectivity index (χ4v) is 2.71. The zero-order valence-electron chi connectivity index (χ0n) is 16.3. The molecule has 5 nitrogen and oxygen atoms in total. The van der Waals surface area contributed by atoms with Crippen molar-refractivity contribution in [3.8, 4) is 23.0 Å². The van der Waals surface area contributed by atoms with Crippen LogP contribution in [0.15, 0.2) is 61.7 Å². The Morgan fingerprint density at radius 1 is 0.821 bits per heavy atom. The summed E-state index contributed by atoms with van der Waals surface area (Å²) in [6, 6.07) is 11.3. The minimum absolute atomic E-state index is 0.221. The number of allylic oxidation sites excluding steroid dienone is 2. The molecule has 0 aliphatic rings. The highest BCUT2D eigenvalue weighted by atomic mass is 28.1. The van der Waals surface area contributed by atoms with Gasteiger partial charge >= 0.3 is 6.48 Å². The molecule has 0 heterocycles. The Labute approximate surface area is 169 Å². The standard InChI is InChI=1S/C22H25O5Si/c1-5-7-16-9-11-18(20(13-16)23-3)26-22(25-15-28)27-19-12-10-17(8-6-2)14-21(19)24-4/h5-6,9-14,22H,1-2,7-8,15H2,3-4H3. The molecule has 6 heteroatoms. The van der Waals surface area contributed by atoms with Crippen LogP contribution in [0, 0.1) is 0 Å². The highest BCUT2D eigenvalue weighted by Crippen LogP contribution is 2.32. The second kappa shape index (κ2) is 11.2. The molecule has 0 bridgehead atoms. The van der Waals surface area contributed by atoms with Crippen molar-refractivity contribution in [1.29, 1.82) is 0 Å². The molecule has 0 atom stereocenters. The summed E-state index contributed by atoms with van der Waals surface area (Å²) in [7, 11) is 6.47. The van der Waals surface area contributed by atoms with Gasteiger partial charge in [-0.2, -0.15) is 0 Å². The first-order chi connectivity index (χ1) is 13.6. The van der Waals surface area contributed by atoms with Gasteiger partial charge < -0.3 is 23.7 Å². The highest BCUT2D eigenvalue weighted by molar-refractivity contribution is 6.08. The summed E-state index contributed by atoms with van der Waals surface area (Å²) in [5, 5.41) is 0. The molecular formula is C22H25O5Si. The zero-order chi connectivity index (χ0) is 20.4. The average molecular weight is 398 g/mol. The van der Waals surface area contributed by atoms with E-state index < -0.39 is 6.48 Å². The molecule has 0 unspecified atom stereocenters. The van der Waals surface area contributed by atoms with Crippen molar-refractivity contribution in [3.05, 3.63) is 72.8 Å². The maximum Gasteiger partial charge on any atom is 0.360 e. The van der Waals surface area contributed by atoms with Crippen LogP contribution >= 0.6 is 0 Å². The van der Waals surface area contributed by atoms with Crippen LogP contribution in [-0.2, 0) is 17.6 Å². The van der Waals surface area contributed by atoms with E-state index in [2.05, 4.69) is 23.4 Å². The first-order valence-corrected chi connectivity index (χ1v) is 9.51. The molecule has 2 rings (SSSR count). The molecule has 0 aromatic heterocycles. The van der Waals surface area contributed by atoms with Crippen LogP contribution in [0.25, 0.3) is 0 Å². The molecule has 0 aliphatic heterocycles. The van der Waals surface area contributed by atoms with Crippen LogP contribution in [0.4, 0.5) is 0 Å². The Morgan fingerprint density at radius 2 is 1.29 bits per heavy atom. The van der Waals surface area contributed by atoms with Gasteiger partial charge in [-0.05, 0) is 48.2 Å². The zero-order valence-corrected chi connectivity index (χ0v) is 17.3. The van der Waals surface area contributed by atoms with Crippen LogP contribution in [0.3, 0.4) is 0 Å². The lowest BCUT2D eigenvalue weighted by Gasteiger charge is -2.22. The van der Waals surface area contributed by atoms with Gasteiger partial charge in [0.2, 0.25) is 0 Å². The molecule has 2 aromatic carbocycles. The molecule has 147 valence electrons. The Kier molecular flexibility index (Phi) is 8.65. The number of rotatable bonds is 12. The molecule has 0 fully saturated rings. The Balaban J connectivity index is 2.22. The summed E-state index contributed by atoms with van der Waals surface area (Å²) >= 11 is 0. The van der Waals surface area contributed by atoms with E-state index in [0.29, 0.717) is 23.0 Å². The van der Waals surface area contributed by atoms with Crippen molar-refractivity contribution < 1.29 is 23.7 Å². The van der Waals surface area contributed by atoms with Crippen LogP contribution < -0.4 is 18.9 Å². The van der Waals surface area contributed by atoms with E-state index in [9.17, 15) is 0 Å². The second-order valence-corrected chi connectivity index (χ2v) is 6.08. The molecule has 3 radical (unpaired) electrons. The third-order valence-electron chi connectivity index (χ3n) is 3.88. The van der Waals surface area contributed by atoms with Gasteiger partial charge in [0, 0.05) is 6.23 Å². The van der Waals surface area contributed by atoms with Crippen LogP contribution in [-0.4, -0.2) is 37.2 Å². The first-order valence-electron chi connectivity index (χ1n) is 8.80. The van der Waals surface area contributed by atoms with Gasteiger partial charge in [0.1, 0.15) is 0 Å². The lowest BCUT2D eigenvalue weighted by molar-refractivity contribution is -0.189. The fourth-order valence-electron chi connectivity index (χ4n) is 2.57. The molecular weight excluding hydrogens is 372 g/mol. The summed E-state index contributed by atoms with van der Waals surface area (Å²) in [6.07, 6.45) is 5.36. The van der Waals surface area contributed by atoms with Gasteiger partial charge in [0.15, 0.2) is 23.0 Å². The van der Waals surface area contributed by atoms with Crippen LogP contribution in [0.5, 0.6) is 23.0 Å². The van der Waals surface area contributed by atoms with Crippen LogP contribution in [0.1, 0.15) is 11.1 Å². The maximum atomic E-state index is 5.89. The van der Waals surface area contributed by atoms with Gasteiger partial charge in [-0.1, -0.05) is 24.3 Å². The SMILES string of the molecule is C=CCc1ccc(OC(OC[Si])Oc2ccc(CC=C)cc2OC)c(OC)c1. The molecule has 0 saturated carbocycles. The second-order valence-electron chi connectivity index (χ2n) is 5.79. The normalized spacial score (nSPS) is 10.4. The smallest absolute Gasteiger partial charge is 0.360 e. The van der Waals surface area contributed by atoms with Crippen molar-refractivity contribution in [3.63, 3.8) is 0 Å². The topological polar surface area (TPSA) is 46.2 Å². The first kappa shape index (κ1) is 21.6. The number of methoxy groups -OCH3 is 2. The van der Waals surface area contributed by atoms with E-state index in [4.69, 9.17) is 23.7 Å². The third-order valence-corrected chi connectivity index (χ3v) is 4.05. The van der Waals surface area contributed by atoms with E-state index in [1.165, 1.54) is 0 Å². The molecule has 0 amide bonds. The van der Waals surface area contributed by atoms with E-state index in [1.807, 2.05) is 48.6 Å². The number of benzene rings is 2. The predicted molar refractivity (Wildman–Crippen MR) is 111 cm³/mol. The van der Waals surface area contributed by atoms with Gasteiger partial charge in [-0.15, -0.1) is 13.2 Å². The quantitative estimate of drug-likeness (QED) is 0.307. The number of hydrogen-bond donors (Lipinski definition) is 0. The minimum atomic E-state index is -1.00. The van der Waals surface area contributed by atoms with E-state index >= 15 is 0 Å². The third kappa shape index (κ3) is 5.90. The van der Waals surface area contributed by atoms with Gasteiger partial charge in [-0.25, -0.2) is 0 Å². The summed E-state index contributed by atoms with van der Waals surface area (Å²) in [4.78, 5) is 0. The lowest BCUT2D eigenvalue weighted by atomic mass is 10.1. The summed E-state index contributed by atoms with van der Waals surface area (Å²) in [5.74, 6) is 2.17. The van der Waals surface area contributed by atoms with E-state index in [-0.39, 0.29) is 6.23 Å². The van der Waals surface area contributed by atoms with Gasteiger partial charge in [0.25, 0.3) is 0 Å². The molecule has 0 saturated heterocycles. The molecule has 0 N–H and O–H groups in total. The van der Waals surface area contributed by atoms with Crippen LogP contribution in [0.2, 0.25) is 0 Å². The highest BCUT2D eigenvalue weighted by Gasteiger charge is 2.18. The summed E-state index contributed by atoms with van der Waals surface area (Å²) in [5.41, 5.74) is 2.13. The predicted octanol–water partition coefficient (Wildman–Crippen LogP) is 4.04. The lowest BCUT2D eigenvalue weighted by Crippen LogP contribution is -2.28. The van der Waals surface area contributed by atoms with Crippen molar-refractivity contribution in [1.82, 2.24) is 0 Å². The van der Waals surface area contributed by atoms with E-state index in [0.717, 1.165) is 24.0 Å². The van der Waals surface area contributed by atoms with Gasteiger partial charge in [0.05, 0.1) is 24.5 Å². The van der Waals surface area contributed by atoms with Crippen molar-refractivity contribution in [2.24, 2.45) is 0 Å². The maximum absolute atomic E-state index is 5.89. The summed E-state index contributed by atoms with van der Waals surface area (Å²) in [6.45, 7) is 6.50. The average Bonchev–Trinajstić information content (AvgIpc) is 2.70. The van der Waals surface area contributed by atoms with Crippen molar-refractivity contribution in [2.45, 2.75) is 19.3 Å². The Bertz CT molecular complexity index is 727. The Morgan fingerprint density at radius 3 is 1.64 bits per heavy atom. The Hall–Kier alpha value is -2.70.